The van der Waals surface area contributed by atoms with E-state index in [1.54, 1.807) is 0 Å². The normalized spacial score (nSPS) is 12.6. The maximum absolute atomic E-state index is 12.1. The minimum absolute atomic E-state index is 0.171. The fourth-order valence-corrected chi connectivity index (χ4v) is 5.13. The summed E-state index contributed by atoms with van der Waals surface area (Å²) >= 11 is 1.53. The fraction of sp³-hybridized carbons (Fsp3) is 0.593. The van der Waals surface area contributed by atoms with Gasteiger partial charge in [-0.2, -0.15) is 0 Å². The minimum atomic E-state index is -0.534. The van der Waals surface area contributed by atoms with Crippen molar-refractivity contribution in [2.45, 2.75) is 86.7 Å². The van der Waals surface area contributed by atoms with Crippen molar-refractivity contribution < 1.29 is 19.4 Å². The second kappa shape index (κ2) is 11.9. The van der Waals surface area contributed by atoms with Crippen molar-refractivity contribution in [1.82, 2.24) is 0 Å². The standard InChI is InChI=1S/C25H36O4S.C2H6/c1-9-25(10-2,21-14-17(4)22(30-21)23(27)28-8)18-11-12-19(16(3)13-18)29-15-20(26)24(5,6)7;1-2/h11-14,20,26H,9-10,15H2,1-8H3;1-2H3. The van der Waals surface area contributed by atoms with Gasteiger partial charge in [0, 0.05) is 10.3 Å². The summed E-state index contributed by atoms with van der Waals surface area (Å²) in [4.78, 5) is 14.0. The van der Waals surface area contributed by atoms with Crippen molar-refractivity contribution in [1.29, 1.82) is 0 Å². The van der Waals surface area contributed by atoms with E-state index in [0.717, 1.165) is 29.7 Å². The van der Waals surface area contributed by atoms with Crippen LogP contribution < -0.4 is 4.74 Å². The lowest BCUT2D eigenvalue weighted by Crippen LogP contribution is -2.32. The Balaban J connectivity index is 0.00000249. The lowest BCUT2D eigenvalue weighted by Gasteiger charge is -2.32. The van der Waals surface area contributed by atoms with Gasteiger partial charge in [0.05, 0.1) is 13.2 Å². The maximum atomic E-state index is 12.1. The van der Waals surface area contributed by atoms with E-state index in [2.05, 4.69) is 32.0 Å². The third-order valence-corrected chi connectivity index (χ3v) is 7.51. The molecule has 32 heavy (non-hydrogen) atoms. The zero-order valence-corrected chi connectivity index (χ0v) is 22.4. The Morgan fingerprint density at radius 3 is 2.12 bits per heavy atom. The Bertz CT molecular complexity index is 872. The van der Waals surface area contributed by atoms with E-state index in [1.165, 1.54) is 28.9 Å². The van der Waals surface area contributed by atoms with Crippen molar-refractivity contribution in [3.63, 3.8) is 0 Å². The molecule has 0 bridgehead atoms. The summed E-state index contributed by atoms with van der Waals surface area (Å²) in [6, 6.07) is 8.43. The van der Waals surface area contributed by atoms with Crippen LogP contribution >= 0.6 is 11.3 Å². The summed E-state index contributed by atoms with van der Waals surface area (Å²) in [6.45, 7) is 18.6. The number of hydrogen-bond acceptors (Lipinski definition) is 5. The van der Waals surface area contributed by atoms with Gasteiger partial charge < -0.3 is 14.6 Å². The molecule has 1 aromatic heterocycles. The van der Waals surface area contributed by atoms with Crippen LogP contribution in [-0.2, 0) is 10.2 Å². The second-order valence-electron chi connectivity index (χ2n) is 9.08. The van der Waals surface area contributed by atoms with E-state index in [1.807, 2.05) is 54.5 Å². The smallest absolute Gasteiger partial charge is 0.348 e. The van der Waals surface area contributed by atoms with E-state index in [0.29, 0.717) is 4.88 Å². The summed E-state index contributed by atoms with van der Waals surface area (Å²) in [5.41, 5.74) is 2.83. The molecule has 0 radical (unpaired) electrons. The Hall–Kier alpha value is -1.85. The number of rotatable bonds is 8. The van der Waals surface area contributed by atoms with Crippen molar-refractivity contribution in [3.05, 3.63) is 50.7 Å². The number of aryl methyl sites for hydroxylation is 2. The molecule has 1 heterocycles. The van der Waals surface area contributed by atoms with Gasteiger partial charge in [-0.1, -0.05) is 60.6 Å². The third-order valence-electron chi connectivity index (χ3n) is 6.09. The highest BCUT2D eigenvalue weighted by Gasteiger charge is 2.34. The van der Waals surface area contributed by atoms with Gasteiger partial charge in [0.1, 0.15) is 17.2 Å². The van der Waals surface area contributed by atoms with Crippen LogP contribution in [0, 0.1) is 19.3 Å². The number of thiophene rings is 1. The fourth-order valence-electron chi connectivity index (χ4n) is 3.69. The van der Waals surface area contributed by atoms with Crippen LogP contribution in [-0.4, -0.2) is 30.9 Å². The lowest BCUT2D eigenvalue weighted by atomic mass is 9.74. The molecule has 0 amide bonds. The van der Waals surface area contributed by atoms with Gasteiger partial charge in [0.2, 0.25) is 0 Å². The monoisotopic (exact) mass is 462 g/mol. The zero-order valence-electron chi connectivity index (χ0n) is 21.6. The number of aliphatic hydroxyl groups is 1. The van der Waals surface area contributed by atoms with Crippen LogP contribution in [0.1, 0.15) is 92.5 Å². The third kappa shape index (κ3) is 6.14. The van der Waals surface area contributed by atoms with Crippen molar-refractivity contribution in [2.75, 3.05) is 13.7 Å². The molecule has 2 rings (SSSR count). The molecule has 5 heteroatoms. The molecule has 4 nitrogen and oxygen atoms in total. The Morgan fingerprint density at radius 2 is 1.66 bits per heavy atom. The largest absolute Gasteiger partial charge is 0.491 e. The number of benzene rings is 1. The molecule has 0 spiro atoms. The Morgan fingerprint density at radius 1 is 1.06 bits per heavy atom. The van der Waals surface area contributed by atoms with Gasteiger partial charge >= 0.3 is 5.97 Å². The lowest BCUT2D eigenvalue weighted by molar-refractivity contribution is 0.0216. The molecule has 1 unspecified atom stereocenters. The number of esters is 1. The average Bonchev–Trinajstić information content (AvgIpc) is 3.16. The topological polar surface area (TPSA) is 55.8 Å². The first-order valence-electron chi connectivity index (χ1n) is 11.6. The number of carbonyl (C=O) groups excluding carboxylic acids is 1. The maximum Gasteiger partial charge on any atom is 0.348 e. The van der Waals surface area contributed by atoms with Gasteiger partial charge in [-0.05, 0) is 60.9 Å². The van der Waals surface area contributed by atoms with Gasteiger partial charge in [-0.3, -0.25) is 0 Å². The van der Waals surface area contributed by atoms with E-state index < -0.39 is 6.10 Å². The minimum Gasteiger partial charge on any atom is -0.491 e. The molecule has 0 saturated heterocycles. The number of carbonyl (C=O) groups is 1. The highest BCUT2D eigenvalue weighted by atomic mass is 32.1. The molecule has 0 aliphatic carbocycles. The van der Waals surface area contributed by atoms with Crippen LogP contribution in [0.3, 0.4) is 0 Å². The quantitative estimate of drug-likeness (QED) is 0.426. The molecule has 180 valence electrons. The SMILES string of the molecule is CC.CCC(CC)(c1ccc(OCC(O)C(C)(C)C)c(C)c1)c1cc(C)c(C(=O)OC)s1. The summed E-state index contributed by atoms with van der Waals surface area (Å²) in [5, 5.41) is 10.3. The highest BCUT2D eigenvalue weighted by Crippen LogP contribution is 2.44. The van der Waals surface area contributed by atoms with E-state index in [4.69, 9.17) is 9.47 Å². The van der Waals surface area contributed by atoms with Crippen molar-refractivity contribution in [3.8, 4) is 5.75 Å². The summed E-state index contributed by atoms with van der Waals surface area (Å²) < 4.78 is 10.9. The van der Waals surface area contributed by atoms with Gasteiger partial charge in [-0.25, -0.2) is 4.79 Å². The van der Waals surface area contributed by atoms with Crippen LogP contribution in [0.5, 0.6) is 5.75 Å². The first-order chi connectivity index (χ1) is 15.0. The van der Waals surface area contributed by atoms with Crippen molar-refractivity contribution >= 4 is 17.3 Å². The average molecular weight is 463 g/mol. The molecule has 0 fully saturated rings. The van der Waals surface area contributed by atoms with Crippen LogP contribution in [0.15, 0.2) is 24.3 Å². The molecule has 2 aromatic rings. The highest BCUT2D eigenvalue weighted by molar-refractivity contribution is 7.14. The second-order valence-corrected chi connectivity index (χ2v) is 10.1. The van der Waals surface area contributed by atoms with Gasteiger partial charge in [0.15, 0.2) is 0 Å². The molecule has 0 aliphatic rings. The predicted octanol–water partition coefficient (Wildman–Crippen LogP) is 7.07. The first-order valence-corrected chi connectivity index (χ1v) is 12.4. The number of ether oxygens (including phenoxy) is 2. The Labute approximate surface area is 199 Å². The zero-order chi connectivity index (χ0) is 24.7. The number of aliphatic hydroxyl groups excluding tert-OH is 1. The Kier molecular flexibility index (Phi) is 10.4. The number of methoxy groups -OCH3 is 1. The first kappa shape index (κ1) is 28.2. The molecular weight excluding hydrogens is 420 g/mol. The molecule has 0 saturated carbocycles. The summed E-state index contributed by atoms with van der Waals surface area (Å²) in [5.74, 6) is 0.517. The van der Waals surface area contributed by atoms with E-state index >= 15 is 0 Å². The van der Waals surface area contributed by atoms with E-state index in [-0.39, 0.29) is 23.4 Å². The molecule has 0 aliphatic heterocycles. The van der Waals surface area contributed by atoms with Crippen molar-refractivity contribution in [2.24, 2.45) is 5.41 Å². The van der Waals surface area contributed by atoms with E-state index in [9.17, 15) is 9.90 Å². The van der Waals surface area contributed by atoms with Gasteiger partial charge in [-0.15, -0.1) is 11.3 Å². The molecular formula is C27H42O4S. The summed E-state index contributed by atoms with van der Waals surface area (Å²) in [6.07, 6.45) is 1.31. The number of hydrogen-bond donors (Lipinski definition) is 1. The van der Waals surface area contributed by atoms with Crippen LogP contribution in [0.4, 0.5) is 0 Å². The summed E-state index contributed by atoms with van der Waals surface area (Å²) in [7, 11) is 1.42. The van der Waals surface area contributed by atoms with Crippen LogP contribution in [0.2, 0.25) is 0 Å². The van der Waals surface area contributed by atoms with Gasteiger partial charge in [0.25, 0.3) is 0 Å². The molecule has 1 atom stereocenters. The molecule has 1 aromatic carbocycles. The molecule has 1 N–H and O–H groups in total. The van der Waals surface area contributed by atoms with Crippen LogP contribution in [0.25, 0.3) is 0 Å². The predicted molar refractivity (Wildman–Crippen MR) is 135 cm³/mol.